The lowest BCUT2D eigenvalue weighted by Gasteiger charge is -2.04. The van der Waals surface area contributed by atoms with Crippen LogP contribution >= 0.6 is 11.6 Å². The van der Waals surface area contributed by atoms with Gasteiger partial charge in [-0.1, -0.05) is 47.5 Å². The van der Waals surface area contributed by atoms with Gasteiger partial charge < -0.3 is 5.32 Å². The zero-order valence-corrected chi connectivity index (χ0v) is 13.3. The predicted molar refractivity (Wildman–Crippen MR) is 91.6 cm³/mol. The van der Waals surface area contributed by atoms with Gasteiger partial charge in [-0.05, 0) is 30.7 Å². The molecule has 0 radical (unpaired) electrons. The van der Waals surface area contributed by atoms with Gasteiger partial charge in [-0.2, -0.15) is 5.10 Å². The standard InChI is InChI=1S/C17H16ClN3O2/c1-12-5-7-13(8-6-12)11-19-21-17(23)10-16(22)20-15-4-2-3-14(18)9-15/h2-9,11H,10H2,1H3,(H,20,22)(H,21,23)/b19-11-. The van der Waals surface area contributed by atoms with E-state index in [1.807, 2.05) is 31.2 Å². The number of halogens is 1. The second kappa shape index (κ2) is 8.10. The molecule has 0 aliphatic carbocycles. The predicted octanol–water partition coefficient (Wildman–Crippen LogP) is 3.13. The van der Waals surface area contributed by atoms with Gasteiger partial charge in [-0.25, -0.2) is 5.43 Å². The molecular formula is C17H16ClN3O2. The molecule has 0 aliphatic heterocycles. The van der Waals surface area contributed by atoms with Crippen LogP contribution in [-0.2, 0) is 9.59 Å². The molecule has 2 N–H and O–H groups in total. The fourth-order valence-electron chi connectivity index (χ4n) is 1.79. The minimum Gasteiger partial charge on any atom is -0.326 e. The number of hydrazone groups is 1. The molecule has 2 aromatic carbocycles. The monoisotopic (exact) mass is 329 g/mol. The van der Waals surface area contributed by atoms with E-state index in [4.69, 9.17) is 11.6 Å². The number of amides is 2. The third-order valence-electron chi connectivity index (χ3n) is 2.91. The molecule has 2 aromatic rings. The molecule has 6 heteroatoms. The van der Waals surface area contributed by atoms with Gasteiger partial charge in [0.1, 0.15) is 6.42 Å². The third-order valence-corrected chi connectivity index (χ3v) is 3.14. The summed E-state index contributed by atoms with van der Waals surface area (Å²) in [6.45, 7) is 1.99. The van der Waals surface area contributed by atoms with Crippen molar-refractivity contribution < 1.29 is 9.59 Å². The maximum absolute atomic E-state index is 11.7. The van der Waals surface area contributed by atoms with Crippen LogP contribution in [-0.4, -0.2) is 18.0 Å². The summed E-state index contributed by atoms with van der Waals surface area (Å²) in [7, 11) is 0. The van der Waals surface area contributed by atoms with E-state index in [0.29, 0.717) is 10.7 Å². The van der Waals surface area contributed by atoms with E-state index in [1.165, 1.54) is 6.21 Å². The van der Waals surface area contributed by atoms with Crippen LogP contribution < -0.4 is 10.7 Å². The van der Waals surface area contributed by atoms with Gasteiger partial charge in [-0.3, -0.25) is 9.59 Å². The average molecular weight is 330 g/mol. The number of nitrogens with zero attached hydrogens (tertiary/aromatic N) is 1. The van der Waals surface area contributed by atoms with Crippen LogP contribution in [0.5, 0.6) is 0 Å². The summed E-state index contributed by atoms with van der Waals surface area (Å²) in [6.07, 6.45) is 1.20. The van der Waals surface area contributed by atoms with Crippen LogP contribution in [0.25, 0.3) is 0 Å². The fourth-order valence-corrected chi connectivity index (χ4v) is 1.98. The minimum atomic E-state index is -0.493. The summed E-state index contributed by atoms with van der Waals surface area (Å²) in [4.78, 5) is 23.4. The first-order valence-corrected chi connectivity index (χ1v) is 7.35. The highest BCUT2D eigenvalue weighted by atomic mass is 35.5. The molecule has 0 aromatic heterocycles. The van der Waals surface area contributed by atoms with Crippen molar-refractivity contribution in [3.8, 4) is 0 Å². The Kier molecular flexibility index (Phi) is 5.88. The normalized spacial score (nSPS) is 10.5. The molecule has 2 rings (SSSR count). The first-order chi connectivity index (χ1) is 11.0. The number of aryl methyl sites for hydroxylation is 1. The summed E-state index contributed by atoms with van der Waals surface area (Å²) < 4.78 is 0. The molecule has 0 unspecified atom stereocenters. The molecule has 0 saturated carbocycles. The highest BCUT2D eigenvalue weighted by Crippen LogP contribution is 2.14. The van der Waals surface area contributed by atoms with Crippen LogP contribution in [0.1, 0.15) is 17.5 Å². The Labute approximate surface area is 139 Å². The molecular weight excluding hydrogens is 314 g/mol. The molecule has 0 aliphatic rings. The topological polar surface area (TPSA) is 70.6 Å². The van der Waals surface area contributed by atoms with Gasteiger partial charge in [0.15, 0.2) is 0 Å². The van der Waals surface area contributed by atoms with E-state index in [2.05, 4.69) is 15.8 Å². The van der Waals surface area contributed by atoms with Gasteiger partial charge in [0, 0.05) is 10.7 Å². The Bertz CT molecular complexity index is 727. The molecule has 0 bridgehead atoms. The summed E-state index contributed by atoms with van der Waals surface area (Å²) in [6, 6.07) is 14.4. The molecule has 0 atom stereocenters. The van der Waals surface area contributed by atoms with E-state index in [9.17, 15) is 9.59 Å². The summed E-state index contributed by atoms with van der Waals surface area (Å²) in [5.74, 6) is -0.928. The molecule has 0 heterocycles. The first kappa shape index (κ1) is 16.7. The van der Waals surface area contributed by atoms with E-state index < -0.39 is 11.8 Å². The van der Waals surface area contributed by atoms with Crippen molar-refractivity contribution >= 4 is 35.3 Å². The fraction of sp³-hybridized carbons (Fsp3) is 0.118. The molecule has 0 fully saturated rings. The zero-order chi connectivity index (χ0) is 16.7. The minimum absolute atomic E-state index is 0.322. The van der Waals surface area contributed by atoms with Gasteiger partial charge in [0.05, 0.1) is 6.21 Å². The van der Waals surface area contributed by atoms with Gasteiger partial charge in [0.25, 0.3) is 0 Å². The van der Waals surface area contributed by atoms with Crippen LogP contribution in [0.3, 0.4) is 0 Å². The Balaban J connectivity index is 1.80. The summed E-state index contributed by atoms with van der Waals surface area (Å²) in [5.41, 5.74) is 4.86. The largest absolute Gasteiger partial charge is 0.326 e. The highest BCUT2D eigenvalue weighted by Gasteiger charge is 2.09. The summed E-state index contributed by atoms with van der Waals surface area (Å²) >= 11 is 5.82. The van der Waals surface area contributed by atoms with Crippen LogP contribution in [0.2, 0.25) is 5.02 Å². The molecule has 2 amide bonds. The maximum atomic E-state index is 11.7. The smallest absolute Gasteiger partial charge is 0.249 e. The maximum Gasteiger partial charge on any atom is 0.249 e. The highest BCUT2D eigenvalue weighted by molar-refractivity contribution is 6.30. The number of hydrogen-bond donors (Lipinski definition) is 2. The van der Waals surface area contributed by atoms with E-state index in [0.717, 1.165) is 11.1 Å². The number of anilines is 1. The Hall–Kier alpha value is -2.66. The number of benzene rings is 2. The number of nitrogens with one attached hydrogen (secondary N) is 2. The Morgan fingerprint density at radius 1 is 1.13 bits per heavy atom. The lowest BCUT2D eigenvalue weighted by molar-refractivity contribution is -0.126. The van der Waals surface area contributed by atoms with Crippen LogP contribution in [0.4, 0.5) is 5.69 Å². The number of rotatable bonds is 5. The number of carbonyl (C=O) groups excluding carboxylic acids is 2. The Morgan fingerprint density at radius 3 is 2.57 bits per heavy atom. The molecule has 5 nitrogen and oxygen atoms in total. The zero-order valence-electron chi connectivity index (χ0n) is 12.5. The lowest BCUT2D eigenvalue weighted by Crippen LogP contribution is -2.24. The van der Waals surface area contributed by atoms with Crippen LogP contribution in [0.15, 0.2) is 53.6 Å². The second-order valence-corrected chi connectivity index (χ2v) is 5.38. The quantitative estimate of drug-likeness (QED) is 0.502. The van der Waals surface area contributed by atoms with Crippen molar-refractivity contribution in [2.24, 2.45) is 5.10 Å². The number of hydrogen-bond acceptors (Lipinski definition) is 3. The van der Waals surface area contributed by atoms with Crippen molar-refractivity contribution in [3.63, 3.8) is 0 Å². The molecule has 118 valence electrons. The number of carbonyl (C=O) groups is 2. The van der Waals surface area contributed by atoms with Crippen molar-refractivity contribution in [1.82, 2.24) is 5.43 Å². The van der Waals surface area contributed by atoms with E-state index in [1.54, 1.807) is 24.3 Å². The SMILES string of the molecule is Cc1ccc(/C=N\NC(=O)CC(=O)Nc2cccc(Cl)c2)cc1. The van der Waals surface area contributed by atoms with Crippen molar-refractivity contribution in [2.45, 2.75) is 13.3 Å². The van der Waals surface area contributed by atoms with Gasteiger partial charge >= 0.3 is 0 Å². The summed E-state index contributed by atoms with van der Waals surface area (Å²) in [5, 5.41) is 6.92. The Morgan fingerprint density at radius 2 is 1.87 bits per heavy atom. The van der Waals surface area contributed by atoms with Gasteiger partial charge in [0.2, 0.25) is 11.8 Å². The van der Waals surface area contributed by atoms with E-state index >= 15 is 0 Å². The van der Waals surface area contributed by atoms with Crippen LogP contribution in [0, 0.1) is 6.92 Å². The lowest BCUT2D eigenvalue weighted by atomic mass is 10.2. The second-order valence-electron chi connectivity index (χ2n) is 4.94. The van der Waals surface area contributed by atoms with E-state index in [-0.39, 0.29) is 6.42 Å². The van der Waals surface area contributed by atoms with Crippen molar-refractivity contribution in [3.05, 3.63) is 64.7 Å². The molecule has 0 spiro atoms. The van der Waals surface area contributed by atoms with Crippen molar-refractivity contribution in [1.29, 1.82) is 0 Å². The van der Waals surface area contributed by atoms with Gasteiger partial charge in [-0.15, -0.1) is 0 Å². The molecule has 23 heavy (non-hydrogen) atoms. The molecule has 0 saturated heterocycles. The average Bonchev–Trinajstić information content (AvgIpc) is 2.49. The van der Waals surface area contributed by atoms with Crippen molar-refractivity contribution in [2.75, 3.05) is 5.32 Å². The first-order valence-electron chi connectivity index (χ1n) is 6.97. The third kappa shape index (κ3) is 5.92.